The Morgan fingerprint density at radius 1 is 1.17 bits per heavy atom. The number of H-pyrrole nitrogens is 1. The molecule has 1 aromatic carbocycles. The van der Waals surface area contributed by atoms with Crippen LogP contribution in [-0.4, -0.2) is 74.7 Å². The molecule has 11 heteroatoms. The van der Waals surface area contributed by atoms with Crippen LogP contribution < -0.4 is 10.9 Å². The van der Waals surface area contributed by atoms with Crippen molar-refractivity contribution in [2.24, 2.45) is 0 Å². The number of aromatic carboxylic acids is 1. The molecule has 0 aliphatic rings. The van der Waals surface area contributed by atoms with Crippen LogP contribution in [0, 0.1) is 0 Å². The van der Waals surface area contributed by atoms with Gasteiger partial charge in [-0.2, -0.15) is 0 Å². The quantitative estimate of drug-likeness (QED) is 0.392. The van der Waals surface area contributed by atoms with Crippen LogP contribution >= 0.6 is 0 Å². The van der Waals surface area contributed by atoms with Gasteiger partial charge in [-0.05, 0) is 0 Å². The summed E-state index contributed by atoms with van der Waals surface area (Å²) in [5.41, 5.74) is 0.804. The Morgan fingerprint density at radius 3 is 2.50 bits per heavy atom. The van der Waals surface area contributed by atoms with Gasteiger partial charge in [0.2, 0.25) is 0 Å². The average molecular weight is 475 g/mol. The Bertz CT molecular complexity index is 1180. The molecule has 0 saturated carbocycles. The number of aromatic nitrogens is 4. The van der Waals surface area contributed by atoms with Gasteiger partial charge in [0.05, 0.1) is 0 Å². The van der Waals surface area contributed by atoms with Crippen LogP contribution in [0.25, 0.3) is 5.78 Å². The Morgan fingerprint density at radius 2 is 1.83 bits per heavy atom. The summed E-state index contributed by atoms with van der Waals surface area (Å²) in [7, 11) is 0. The molecule has 0 aliphatic carbocycles. The average Bonchev–Trinajstić information content (AvgIpc) is 3.21. The van der Waals surface area contributed by atoms with Gasteiger partial charge in [0, 0.05) is 0 Å². The van der Waals surface area contributed by atoms with Gasteiger partial charge in [0.1, 0.15) is 0 Å². The number of aromatic amines is 1. The first-order valence-electron chi connectivity index (χ1n) is 9.22. The van der Waals surface area contributed by atoms with Gasteiger partial charge in [-0.1, -0.05) is 0 Å². The van der Waals surface area contributed by atoms with Crippen molar-refractivity contribution < 1.29 is 14.7 Å². The number of amides is 1. The third kappa shape index (κ3) is 4.47. The van der Waals surface area contributed by atoms with Gasteiger partial charge in [0.15, 0.2) is 0 Å². The van der Waals surface area contributed by atoms with E-state index in [9.17, 15) is 19.5 Å². The zero-order valence-electron chi connectivity index (χ0n) is 16.4. The number of fused-ring (bicyclic) bond motifs is 1. The zero-order chi connectivity index (χ0) is 21.8. The van der Waals surface area contributed by atoms with Crippen molar-refractivity contribution >= 4 is 37.8 Å². The van der Waals surface area contributed by atoms with E-state index in [4.69, 9.17) is 0 Å². The summed E-state index contributed by atoms with van der Waals surface area (Å²) >= 11 is 2.97. The van der Waals surface area contributed by atoms with E-state index in [1.807, 2.05) is 18.7 Å². The molecule has 0 saturated heterocycles. The fourth-order valence-corrected chi connectivity index (χ4v) is 3.72. The minimum absolute atomic E-state index is 0.00503. The van der Waals surface area contributed by atoms with Crippen LogP contribution in [0.3, 0.4) is 0 Å². The summed E-state index contributed by atoms with van der Waals surface area (Å²) in [5.74, 6) is -1.41. The van der Waals surface area contributed by atoms with Crippen molar-refractivity contribution in [1.29, 1.82) is 0 Å². The number of benzene rings is 1. The molecule has 3 rings (SSSR count). The number of carbonyl (C=O) groups excluding carboxylic acids is 1. The Hall–Kier alpha value is -3.30. The normalized spacial score (nSPS) is 10.7. The molecule has 2 heterocycles. The predicted octanol–water partition coefficient (Wildman–Crippen LogP) is 0.0341. The van der Waals surface area contributed by atoms with E-state index in [1.165, 1.54) is 29.0 Å². The van der Waals surface area contributed by atoms with Crippen molar-refractivity contribution in [3.8, 4) is 0 Å². The first-order chi connectivity index (χ1) is 14.3. The number of carboxylic acid groups (broad SMARTS) is 1. The molecule has 0 bridgehead atoms. The van der Waals surface area contributed by atoms with E-state index in [2.05, 4.69) is 36.0 Å². The minimum atomic E-state index is -1.13. The fraction of sp³-hybridized carbons (Fsp3) is 0.263. The van der Waals surface area contributed by atoms with Gasteiger partial charge in [0.25, 0.3) is 0 Å². The molecule has 3 aromatic rings. The van der Waals surface area contributed by atoms with Crippen molar-refractivity contribution in [3.63, 3.8) is 0 Å². The number of hydrogen-bond donors (Lipinski definition) is 3. The second kappa shape index (κ2) is 9.02. The molecule has 156 valence electrons. The maximum absolute atomic E-state index is 12.7. The summed E-state index contributed by atoms with van der Waals surface area (Å²) < 4.78 is 1.94. The first-order valence-corrected chi connectivity index (χ1v) is 10.1. The summed E-state index contributed by atoms with van der Waals surface area (Å²) in [6.45, 7) is 5.43. The maximum atomic E-state index is 12.7. The fourth-order valence-electron chi connectivity index (χ4n) is 2.93. The van der Waals surface area contributed by atoms with Gasteiger partial charge >= 0.3 is 179 Å². The van der Waals surface area contributed by atoms with E-state index < -0.39 is 11.9 Å². The molecule has 3 N–H and O–H groups in total. The summed E-state index contributed by atoms with van der Waals surface area (Å²) in [6, 6.07) is 5.76. The van der Waals surface area contributed by atoms with Gasteiger partial charge in [-0.15, -0.1) is 0 Å². The monoisotopic (exact) mass is 476 g/mol. The number of carbonyl (C=O) groups is 2. The molecule has 0 radical (unpaired) electrons. The van der Waals surface area contributed by atoms with Crippen LogP contribution in [0.4, 0.5) is 0 Å². The third-order valence-electron chi connectivity index (χ3n) is 4.49. The van der Waals surface area contributed by atoms with Crippen molar-refractivity contribution in [2.45, 2.75) is 20.4 Å². The molecule has 10 nitrogen and oxygen atoms in total. The first kappa shape index (κ1) is 21.4. The molecule has 30 heavy (non-hydrogen) atoms. The summed E-state index contributed by atoms with van der Waals surface area (Å²) in [6.07, 6.45) is 1.34. The second-order valence-electron chi connectivity index (χ2n) is 6.37. The molecule has 0 unspecified atom stereocenters. The molecule has 2 aromatic heterocycles. The molecule has 0 spiro atoms. The molecule has 0 aliphatic heterocycles. The SMILES string of the molecule is CCN(CC)C(=[Se])c1cc(C(=O)O)cc(C(=O)NCc2cc(=O)n3[nH]cnc3n2)c1. The Balaban J connectivity index is 1.85. The van der Waals surface area contributed by atoms with Crippen molar-refractivity contribution in [1.82, 2.24) is 29.8 Å². The molecule has 0 atom stereocenters. The van der Waals surface area contributed by atoms with Gasteiger partial charge < -0.3 is 0 Å². The molecule has 0 fully saturated rings. The van der Waals surface area contributed by atoms with Crippen LogP contribution in [0.1, 0.15) is 45.8 Å². The van der Waals surface area contributed by atoms with E-state index in [0.29, 0.717) is 11.3 Å². The standard InChI is InChI=1S/C19H20N6O4Se/c1-3-24(4-2)17(30)12-5-11(6-13(7-12)18(28)29)16(27)20-9-14-8-15(26)25-19(23-14)21-10-22-25/h5-8,10H,3-4,9H2,1-2H3,(H,20,27)(H,28,29)(H,21,22,23). The summed E-state index contributed by atoms with van der Waals surface area (Å²) in [5, 5.41) is 14.8. The number of carboxylic acids is 1. The number of nitrogens with zero attached hydrogens (tertiary/aromatic N) is 4. The third-order valence-corrected chi connectivity index (χ3v) is 5.53. The van der Waals surface area contributed by atoms with E-state index >= 15 is 0 Å². The Labute approximate surface area is 179 Å². The zero-order valence-corrected chi connectivity index (χ0v) is 18.1. The van der Waals surface area contributed by atoms with E-state index in [-0.39, 0.29) is 29.0 Å². The van der Waals surface area contributed by atoms with E-state index in [1.54, 1.807) is 6.07 Å². The number of rotatable bonds is 8. The van der Waals surface area contributed by atoms with Gasteiger partial charge in [-0.25, -0.2) is 0 Å². The number of hydrogen-bond acceptors (Lipinski definition) is 6. The summed E-state index contributed by atoms with van der Waals surface area (Å²) in [4.78, 5) is 46.4. The molecule has 1 amide bonds. The van der Waals surface area contributed by atoms with Crippen LogP contribution in [-0.2, 0) is 6.54 Å². The van der Waals surface area contributed by atoms with E-state index in [0.717, 1.165) is 17.6 Å². The van der Waals surface area contributed by atoms with Crippen LogP contribution in [0.2, 0.25) is 0 Å². The van der Waals surface area contributed by atoms with Crippen LogP contribution in [0.5, 0.6) is 0 Å². The van der Waals surface area contributed by atoms with Crippen LogP contribution in [0.15, 0.2) is 35.4 Å². The van der Waals surface area contributed by atoms with Crippen molar-refractivity contribution in [3.05, 3.63) is 63.3 Å². The molecular weight excluding hydrogens is 455 g/mol. The van der Waals surface area contributed by atoms with Crippen molar-refractivity contribution in [2.75, 3.05) is 13.1 Å². The second-order valence-corrected chi connectivity index (χ2v) is 7.18. The van der Waals surface area contributed by atoms with Gasteiger partial charge in [-0.3, -0.25) is 0 Å². The number of nitrogens with one attached hydrogen (secondary N) is 2. The topological polar surface area (TPSA) is 133 Å². The Kier molecular flexibility index (Phi) is 6.43. The predicted molar refractivity (Wildman–Crippen MR) is 111 cm³/mol. The molecular formula is C19H20N6O4Se.